The molecular weight excluding hydrogens is 284 g/mol. The van der Waals surface area contributed by atoms with Crippen LogP contribution in [0.25, 0.3) is 0 Å². The Morgan fingerprint density at radius 1 is 1.32 bits per heavy atom. The maximum Gasteiger partial charge on any atom is 0.305 e. The van der Waals surface area contributed by atoms with E-state index in [0.717, 1.165) is 12.0 Å². The summed E-state index contributed by atoms with van der Waals surface area (Å²) in [5.74, 6) is -0.372. The maximum absolute atomic E-state index is 12.1. The van der Waals surface area contributed by atoms with Gasteiger partial charge in [0.05, 0.1) is 13.2 Å². The molecule has 1 aliphatic heterocycles. The molecule has 0 aliphatic carbocycles. The topological polar surface area (TPSA) is 90.7 Å². The highest BCUT2D eigenvalue weighted by molar-refractivity contribution is 5.94. The number of carbonyl (C=O) groups is 2. The highest BCUT2D eigenvalue weighted by atomic mass is 16.5. The zero-order valence-corrected chi connectivity index (χ0v) is 12.7. The van der Waals surface area contributed by atoms with Gasteiger partial charge in [0.25, 0.3) is 5.91 Å². The number of methoxy groups -OCH3 is 1. The Bertz CT molecular complexity index is 515. The van der Waals surface area contributed by atoms with E-state index in [2.05, 4.69) is 10.1 Å². The van der Waals surface area contributed by atoms with Crippen LogP contribution in [0.3, 0.4) is 0 Å². The van der Waals surface area contributed by atoms with Gasteiger partial charge in [0.15, 0.2) is 0 Å². The average Bonchev–Trinajstić information content (AvgIpc) is 3.03. The first-order chi connectivity index (χ1) is 10.6. The number of hydrogen-bond acceptors (Lipinski definition) is 5. The largest absolute Gasteiger partial charge is 0.469 e. The molecule has 2 rings (SSSR count). The first kappa shape index (κ1) is 16.5. The minimum Gasteiger partial charge on any atom is -0.469 e. The van der Waals surface area contributed by atoms with Crippen LogP contribution in [-0.4, -0.2) is 37.7 Å². The van der Waals surface area contributed by atoms with E-state index in [0.29, 0.717) is 31.5 Å². The van der Waals surface area contributed by atoms with E-state index in [1.165, 1.54) is 7.11 Å². The summed E-state index contributed by atoms with van der Waals surface area (Å²) in [5, 5.41) is 2.84. The monoisotopic (exact) mass is 306 g/mol. The third kappa shape index (κ3) is 4.54. The van der Waals surface area contributed by atoms with E-state index >= 15 is 0 Å². The predicted molar refractivity (Wildman–Crippen MR) is 82.4 cm³/mol. The smallest absolute Gasteiger partial charge is 0.305 e. The average molecular weight is 306 g/mol. The van der Waals surface area contributed by atoms with E-state index < -0.39 is 6.10 Å². The minimum absolute atomic E-state index is 0.0172. The number of rotatable bonds is 6. The van der Waals surface area contributed by atoms with Crippen molar-refractivity contribution in [3.05, 3.63) is 29.8 Å². The fourth-order valence-corrected chi connectivity index (χ4v) is 2.40. The Morgan fingerprint density at radius 3 is 2.64 bits per heavy atom. The standard InChI is InChI=1S/C16H22N2O4/c1-21-15(19)9-4-11-2-5-12(6-3-11)18-16(20)14-8-7-13(10-17)22-14/h2-3,5-6,13-14H,4,7-10,17H2,1H3,(H,18,20)/t13-,14+/m1/s1. The first-order valence-corrected chi connectivity index (χ1v) is 7.44. The minimum atomic E-state index is -0.424. The quantitative estimate of drug-likeness (QED) is 0.772. The van der Waals surface area contributed by atoms with Crippen LogP contribution in [0.4, 0.5) is 5.69 Å². The van der Waals surface area contributed by atoms with Gasteiger partial charge >= 0.3 is 5.97 Å². The maximum atomic E-state index is 12.1. The summed E-state index contributed by atoms with van der Waals surface area (Å²) in [6, 6.07) is 7.41. The summed E-state index contributed by atoms with van der Waals surface area (Å²) in [6.07, 6.45) is 2.04. The normalized spacial score (nSPS) is 20.6. The zero-order chi connectivity index (χ0) is 15.9. The highest BCUT2D eigenvalue weighted by Crippen LogP contribution is 2.20. The number of esters is 1. The van der Waals surface area contributed by atoms with Crippen LogP contribution in [0.15, 0.2) is 24.3 Å². The van der Waals surface area contributed by atoms with Gasteiger partial charge in [-0.3, -0.25) is 9.59 Å². The van der Waals surface area contributed by atoms with Crippen molar-refractivity contribution >= 4 is 17.6 Å². The third-order valence-electron chi connectivity index (χ3n) is 3.73. The second kappa shape index (κ2) is 7.91. The molecule has 0 aromatic heterocycles. The lowest BCUT2D eigenvalue weighted by Gasteiger charge is -2.13. The number of nitrogens with two attached hydrogens (primary N) is 1. The molecule has 1 aromatic rings. The summed E-state index contributed by atoms with van der Waals surface area (Å²) in [6.45, 7) is 0.443. The second-order valence-corrected chi connectivity index (χ2v) is 5.32. The van der Waals surface area contributed by atoms with Crippen LogP contribution in [0.1, 0.15) is 24.8 Å². The molecule has 2 atom stereocenters. The lowest BCUT2D eigenvalue weighted by atomic mass is 10.1. The number of carbonyl (C=O) groups excluding carboxylic acids is 2. The number of aryl methyl sites for hydroxylation is 1. The molecule has 0 unspecified atom stereocenters. The van der Waals surface area contributed by atoms with Crippen LogP contribution >= 0.6 is 0 Å². The number of hydrogen-bond donors (Lipinski definition) is 2. The van der Waals surface area contributed by atoms with Gasteiger partial charge in [-0.2, -0.15) is 0 Å². The fraction of sp³-hybridized carbons (Fsp3) is 0.500. The van der Waals surface area contributed by atoms with E-state index in [4.69, 9.17) is 10.5 Å². The highest BCUT2D eigenvalue weighted by Gasteiger charge is 2.29. The summed E-state index contributed by atoms with van der Waals surface area (Å²) < 4.78 is 10.2. The fourth-order valence-electron chi connectivity index (χ4n) is 2.40. The Kier molecular flexibility index (Phi) is 5.91. The Balaban J connectivity index is 1.83. The summed E-state index contributed by atoms with van der Waals surface area (Å²) >= 11 is 0. The van der Waals surface area contributed by atoms with Gasteiger partial charge in [0.1, 0.15) is 6.10 Å². The van der Waals surface area contributed by atoms with Gasteiger partial charge in [0.2, 0.25) is 0 Å². The van der Waals surface area contributed by atoms with Crippen molar-refractivity contribution in [2.75, 3.05) is 19.0 Å². The van der Waals surface area contributed by atoms with E-state index in [9.17, 15) is 9.59 Å². The number of benzene rings is 1. The van der Waals surface area contributed by atoms with Crippen molar-refractivity contribution in [2.24, 2.45) is 5.73 Å². The van der Waals surface area contributed by atoms with Gasteiger partial charge in [-0.15, -0.1) is 0 Å². The Morgan fingerprint density at radius 2 is 2.05 bits per heavy atom. The van der Waals surface area contributed by atoms with Crippen LogP contribution in [0.2, 0.25) is 0 Å². The number of nitrogens with one attached hydrogen (secondary N) is 1. The molecular formula is C16H22N2O4. The van der Waals surface area contributed by atoms with Crippen LogP contribution in [0, 0.1) is 0 Å². The van der Waals surface area contributed by atoms with Crippen LogP contribution in [0.5, 0.6) is 0 Å². The van der Waals surface area contributed by atoms with Gasteiger partial charge in [-0.05, 0) is 37.0 Å². The Hall–Kier alpha value is -1.92. The molecule has 0 bridgehead atoms. The molecule has 1 heterocycles. The molecule has 1 saturated heterocycles. The molecule has 1 fully saturated rings. The summed E-state index contributed by atoms with van der Waals surface area (Å²) in [7, 11) is 1.38. The molecule has 1 amide bonds. The molecule has 1 aliphatic rings. The van der Waals surface area contributed by atoms with Crippen molar-refractivity contribution in [1.82, 2.24) is 0 Å². The Labute approximate surface area is 130 Å². The van der Waals surface area contributed by atoms with Crippen molar-refractivity contribution < 1.29 is 19.1 Å². The third-order valence-corrected chi connectivity index (χ3v) is 3.73. The molecule has 3 N–H and O–H groups in total. The predicted octanol–water partition coefficient (Wildman–Crippen LogP) is 1.24. The molecule has 0 spiro atoms. The van der Waals surface area contributed by atoms with E-state index in [1.54, 1.807) is 0 Å². The van der Waals surface area contributed by atoms with Gasteiger partial charge < -0.3 is 20.5 Å². The second-order valence-electron chi connectivity index (χ2n) is 5.32. The van der Waals surface area contributed by atoms with Crippen LogP contribution < -0.4 is 11.1 Å². The lowest BCUT2D eigenvalue weighted by molar-refractivity contribution is -0.140. The van der Waals surface area contributed by atoms with Crippen molar-refractivity contribution in [3.63, 3.8) is 0 Å². The van der Waals surface area contributed by atoms with Gasteiger partial charge in [0, 0.05) is 18.7 Å². The SMILES string of the molecule is COC(=O)CCc1ccc(NC(=O)[C@@H]2CC[C@H](CN)O2)cc1. The van der Waals surface area contributed by atoms with E-state index in [-0.39, 0.29) is 18.0 Å². The molecule has 6 nitrogen and oxygen atoms in total. The lowest BCUT2D eigenvalue weighted by Crippen LogP contribution is -2.29. The van der Waals surface area contributed by atoms with Crippen molar-refractivity contribution in [1.29, 1.82) is 0 Å². The zero-order valence-electron chi connectivity index (χ0n) is 12.7. The number of ether oxygens (including phenoxy) is 2. The van der Waals surface area contributed by atoms with Crippen molar-refractivity contribution in [2.45, 2.75) is 37.9 Å². The summed E-state index contributed by atoms with van der Waals surface area (Å²) in [4.78, 5) is 23.2. The summed E-state index contributed by atoms with van der Waals surface area (Å²) in [5.41, 5.74) is 7.27. The van der Waals surface area contributed by atoms with E-state index in [1.807, 2.05) is 24.3 Å². The molecule has 6 heteroatoms. The number of amides is 1. The molecule has 1 aromatic carbocycles. The van der Waals surface area contributed by atoms with Gasteiger partial charge in [-0.25, -0.2) is 0 Å². The van der Waals surface area contributed by atoms with Gasteiger partial charge in [-0.1, -0.05) is 12.1 Å². The first-order valence-electron chi connectivity index (χ1n) is 7.44. The molecule has 120 valence electrons. The molecule has 0 radical (unpaired) electrons. The molecule has 22 heavy (non-hydrogen) atoms. The number of anilines is 1. The van der Waals surface area contributed by atoms with Crippen molar-refractivity contribution in [3.8, 4) is 0 Å². The van der Waals surface area contributed by atoms with Crippen LogP contribution in [-0.2, 0) is 25.5 Å². The molecule has 0 saturated carbocycles.